The summed E-state index contributed by atoms with van der Waals surface area (Å²) in [5, 5.41) is 6.48. The van der Waals surface area contributed by atoms with Crippen LogP contribution in [0.2, 0.25) is 0 Å². The molecule has 1 heterocycles. The lowest BCUT2D eigenvalue weighted by Gasteiger charge is -2.04. The van der Waals surface area contributed by atoms with Gasteiger partial charge in [-0.05, 0) is 19.1 Å². The van der Waals surface area contributed by atoms with E-state index in [9.17, 15) is 8.42 Å². The third-order valence-corrected chi connectivity index (χ3v) is 3.37. The lowest BCUT2D eigenvalue weighted by Crippen LogP contribution is -2.12. The summed E-state index contributed by atoms with van der Waals surface area (Å²) in [7, 11) is -3.53. The molecule has 0 atom stereocenters. The third kappa shape index (κ3) is 2.22. The maximum absolute atomic E-state index is 11.8. The van der Waals surface area contributed by atoms with Crippen LogP contribution in [0.15, 0.2) is 41.3 Å². The first kappa shape index (κ1) is 10.7. The van der Waals surface area contributed by atoms with Gasteiger partial charge in [-0.3, -0.25) is 9.82 Å². The van der Waals surface area contributed by atoms with E-state index in [0.29, 0.717) is 5.82 Å². The summed E-state index contributed by atoms with van der Waals surface area (Å²) in [5.74, 6) is 0.293. The Morgan fingerprint density at radius 1 is 1.25 bits per heavy atom. The zero-order valence-corrected chi connectivity index (χ0v) is 9.45. The van der Waals surface area contributed by atoms with Gasteiger partial charge in [0.05, 0.1) is 4.90 Å². The minimum absolute atomic E-state index is 0.218. The van der Waals surface area contributed by atoms with Crippen molar-refractivity contribution in [2.45, 2.75) is 11.8 Å². The second kappa shape index (κ2) is 3.97. The summed E-state index contributed by atoms with van der Waals surface area (Å²) >= 11 is 0. The number of benzene rings is 1. The summed E-state index contributed by atoms with van der Waals surface area (Å²) in [6, 6.07) is 9.79. The van der Waals surface area contributed by atoms with Gasteiger partial charge in [0.2, 0.25) is 0 Å². The predicted octanol–water partition coefficient (Wildman–Crippen LogP) is 1.52. The van der Waals surface area contributed by atoms with Crippen molar-refractivity contribution in [2.24, 2.45) is 0 Å². The Labute approximate surface area is 93.6 Å². The molecule has 0 aliphatic heterocycles. The van der Waals surface area contributed by atoms with Crippen molar-refractivity contribution >= 4 is 15.8 Å². The van der Waals surface area contributed by atoms with Gasteiger partial charge in [-0.15, -0.1) is 0 Å². The molecule has 0 aliphatic carbocycles. The van der Waals surface area contributed by atoms with Gasteiger partial charge in [0, 0.05) is 11.8 Å². The minimum Gasteiger partial charge on any atom is -0.281 e. The molecule has 0 aliphatic rings. The number of rotatable bonds is 3. The van der Waals surface area contributed by atoms with Crippen LogP contribution in [0.3, 0.4) is 0 Å². The molecule has 0 fully saturated rings. The van der Waals surface area contributed by atoms with Crippen LogP contribution in [0.25, 0.3) is 0 Å². The number of aryl methyl sites for hydroxylation is 1. The predicted molar refractivity (Wildman–Crippen MR) is 60.6 cm³/mol. The van der Waals surface area contributed by atoms with Crippen LogP contribution in [0.5, 0.6) is 0 Å². The Kier molecular flexibility index (Phi) is 2.66. The van der Waals surface area contributed by atoms with Gasteiger partial charge in [-0.1, -0.05) is 18.2 Å². The molecule has 0 saturated carbocycles. The molecule has 1 aromatic heterocycles. The number of hydrogen-bond acceptors (Lipinski definition) is 3. The summed E-state index contributed by atoms with van der Waals surface area (Å²) in [4.78, 5) is 0.218. The summed E-state index contributed by atoms with van der Waals surface area (Å²) in [6.45, 7) is 1.80. The Bertz CT molecular complexity index is 575. The van der Waals surface area contributed by atoms with Crippen molar-refractivity contribution in [1.29, 1.82) is 0 Å². The fourth-order valence-corrected chi connectivity index (χ4v) is 2.28. The van der Waals surface area contributed by atoms with E-state index in [1.165, 1.54) is 12.1 Å². The van der Waals surface area contributed by atoms with Gasteiger partial charge in [-0.2, -0.15) is 5.10 Å². The molecule has 0 amide bonds. The quantitative estimate of drug-likeness (QED) is 0.849. The summed E-state index contributed by atoms with van der Waals surface area (Å²) < 4.78 is 26.1. The molecule has 16 heavy (non-hydrogen) atoms. The normalized spacial score (nSPS) is 11.3. The van der Waals surface area contributed by atoms with Crippen LogP contribution in [0.4, 0.5) is 5.82 Å². The average Bonchev–Trinajstić information content (AvgIpc) is 2.64. The van der Waals surface area contributed by atoms with E-state index in [0.717, 1.165) is 5.69 Å². The average molecular weight is 237 g/mol. The second-order valence-electron chi connectivity index (χ2n) is 3.35. The maximum atomic E-state index is 11.8. The van der Waals surface area contributed by atoms with Gasteiger partial charge in [0.25, 0.3) is 10.0 Å². The van der Waals surface area contributed by atoms with Crippen LogP contribution < -0.4 is 4.72 Å². The second-order valence-corrected chi connectivity index (χ2v) is 5.04. The number of sulfonamides is 1. The molecule has 0 bridgehead atoms. The number of hydrogen-bond donors (Lipinski definition) is 2. The molecule has 6 heteroatoms. The molecule has 2 N–H and O–H groups in total. The van der Waals surface area contributed by atoms with Crippen molar-refractivity contribution < 1.29 is 8.42 Å². The van der Waals surface area contributed by atoms with Crippen molar-refractivity contribution in [3.63, 3.8) is 0 Å². The maximum Gasteiger partial charge on any atom is 0.263 e. The SMILES string of the molecule is Cc1cc(NS(=O)(=O)c2ccccc2)n[nH]1. The topological polar surface area (TPSA) is 74.8 Å². The standard InChI is InChI=1S/C10H11N3O2S/c1-8-7-10(12-11-8)13-16(14,15)9-5-3-2-4-6-9/h2-7H,1H3,(H2,11,12,13). The van der Waals surface area contributed by atoms with Gasteiger partial charge in [0.15, 0.2) is 5.82 Å². The van der Waals surface area contributed by atoms with Gasteiger partial charge >= 0.3 is 0 Å². The summed E-state index contributed by atoms with van der Waals surface area (Å²) in [6.07, 6.45) is 0. The van der Waals surface area contributed by atoms with E-state index in [-0.39, 0.29) is 4.90 Å². The molecule has 0 saturated heterocycles. The molecular formula is C10H11N3O2S. The molecular weight excluding hydrogens is 226 g/mol. The smallest absolute Gasteiger partial charge is 0.263 e. The van der Waals surface area contributed by atoms with Crippen molar-refractivity contribution in [2.75, 3.05) is 4.72 Å². The summed E-state index contributed by atoms with van der Waals surface area (Å²) in [5.41, 5.74) is 0.797. The van der Waals surface area contributed by atoms with E-state index in [2.05, 4.69) is 14.9 Å². The number of aromatic nitrogens is 2. The highest BCUT2D eigenvalue weighted by atomic mass is 32.2. The van der Waals surface area contributed by atoms with Gasteiger partial charge in [0.1, 0.15) is 0 Å². The highest BCUT2D eigenvalue weighted by Gasteiger charge is 2.14. The molecule has 0 spiro atoms. The van der Waals surface area contributed by atoms with Crippen molar-refractivity contribution in [3.8, 4) is 0 Å². The molecule has 2 rings (SSSR count). The number of nitrogens with one attached hydrogen (secondary N) is 2. The van der Waals surface area contributed by atoms with Gasteiger partial charge < -0.3 is 0 Å². The van der Waals surface area contributed by atoms with Crippen LogP contribution in [0.1, 0.15) is 5.69 Å². The van der Waals surface area contributed by atoms with Crippen LogP contribution in [0, 0.1) is 6.92 Å². The number of nitrogens with zero attached hydrogens (tertiary/aromatic N) is 1. The van der Waals surface area contributed by atoms with Gasteiger partial charge in [-0.25, -0.2) is 8.42 Å². The third-order valence-electron chi connectivity index (χ3n) is 2.00. The first-order valence-electron chi connectivity index (χ1n) is 4.68. The zero-order valence-electron chi connectivity index (χ0n) is 8.64. The van der Waals surface area contributed by atoms with Crippen molar-refractivity contribution in [3.05, 3.63) is 42.1 Å². The van der Waals surface area contributed by atoms with E-state index < -0.39 is 10.0 Å². The lowest BCUT2D eigenvalue weighted by molar-refractivity contribution is 0.601. The largest absolute Gasteiger partial charge is 0.281 e. The number of H-pyrrole nitrogens is 1. The molecule has 84 valence electrons. The fourth-order valence-electron chi connectivity index (χ4n) is 1.27. The highest BCUT2D eigenvalue weighted by Crippen LogP contribution is 2.13. The molecule has 2 aromatic rings. The Morgan fingerprint density at radius 3 is 2.50 bits per heavy atom. The van der Waals surface area contributed by atoms with E-state index in [1.807, 2.05) is 0 Å². The minimum atomic E-state index is -3.53. The highest BCUT2D eigenvalue weighted by molar-refractivity contribution is 7.92. The Balaban J connectivity index is 2.28. The molecule has 0 unspecified atom stereocenters. The van der Waals surface area contributed by atoms with E-state index in [4.69, 9.17) is 0 Å². The first-order valence-corrected chi connectivity index (χ1v) is 6.16. The monoisotopic (exact) mass is 237 g/mol. The fraction of sp³-hybridized carbons (Fsp3) is 0.100. The van der Waals surface area contributed by atoms with Crippen LogP contribution >= 0.6 is 0 Å². The van der Waals surface area contributed by atoms with E-state index >= 15 is 0 Å². The van der Waals surface area contributed by atoms with Crippen LogP contribution in [-0.4, -0.2) is 18.6 Å². The van der Waals surface area contributed by atoms with Crippen molar-refractivity contribution in [1.82, 2.24) is 10.2 Å². The number of anilines is 1. The zero-order chi connectivity index (χ0) is 11.6. The van der Waals surface area contributed by atoms with E-state index in [1.54, 1.807) is 31.2 Å². The first-order chi connectivity index (χ1) is 7.58. The molecule has 1 aromatic carbocycles. The number of aromatic amines is 1. The van der Waals surface area contributed by atoms with Crippen LogP contribution in [-0.2, 0) is 10.0 Å². The lowest BCUT2D eigenvalue weighted by atomic mass is 10.4. The Morgan fingerprint density at radius 2 is 1.94 bits per heavy atom. The Hall–Kier alpha value is -1.82. The molecule has 5 nitrogen and oxygen atoms in total. The molecule has 0 radical (unpaired) electrons.